The molecular formula is C9H10ClN3OS. The molecule has 0 bridgehead atoms. The zero-order chi connectivity index (χ0) is 10.7. The van der Waals surface area contributed by atoms with Crippen LogP contribution in [0.4, 0.5) is 0 Å². The fourth-order valence-corrected chi connectivity index (χ4v) is 1.97. The molecule has 0 unspecified atom stereocenters. The number of hydrogen-bond donors (Lipinski definition) is 0. The van der Waals surface area contributed by atoms with Crippen molar-refractivity contribution in [2.24, 2.45) is 0 Å². The number of aromatic nitrogens is 3. The molecule has 0 spiro atoms. The van der Waals surface area contributed by atoms with Crippen molar-refractivity contribution in [2.75, 3.05) is 5.88 Å². The van der Waals surface area contributed by atoms with E-state index in [2.05, 4.69) is 15.1 Å². The Morgan fingerprint density at radius 1 is 1.47 bits per heavy atom. The molecule has 15 heavy (non-hydrogen) atoms. The highest BCUT2D eigenvalue weighted by molar-refractivity contribution is 7.09. The number of halogens is 1. The quantitative estimate of drug-likeness (QED) is 0.773. The minimum atomic E-state index is 0.497. The monoisotopic (exact) mass is 243 g/mol. The standard InChI is InChI=1S/C9H10ClN3OS/c1-6-11-7(5-15-6)4-8-12-9(2-3-10)14-13-8/h5H,2-4H2,1H3. The van der Waals surface area contributed by atoms with E-state index < -0.39 is 0 Å². The molecule has 2 heterocycles. The molecule has 0 aliphatic rings. The van der Waals surface area contributed by atoms with Gasteiger partial charge in [0.05, 0.1) is 17.1 Å². The summed E-state index contributed by atoms with van der Waals surface area (Å²) in [5.41, 5.74) is 0.982. The predicted octanol–water partition coefficient (Wildman–Crippen LogP) is 2.21. The fraction of sp³-hybridized carbons (Fsp3) is 0.444. The third-order valence-corrected chi connectivity index (χ3v) is 2.84. The van der Waals surface area contributed by atoms with Gasteiger partial charge >= 0.3 is 0 Å². The minimum Gasteiger partial charge on any atom is -0.339 e. The molecule has 0 fully saturated rings. The average Bonchev–Trinajstić information content (AvgIpc) is 2.78. The summed E-state index contributed by atoms with van der Waals surface area (Å²) in [6, 6.07) is 0. The maximum absolute atomic E-state index is 5.57. The lowest BCUT2D eigenvalue weighted by atomic mass is 10.3. The second kappa shape index (κ2) is 4.72. The van der Waals surface area contributed by atoms with Crippen molar-refractivity contribution in [2.45, 2.75) is 19.8 Å². The van der Waals surface area contributed by atoms with E-state index in [1.54, 1.807) is 11.3 Å². The minimum absolute atomic E-state index is 0.497. The molecule has 4 nitrogen and oxygen atoms in total. The highest BCUT2D eigenvalue weighted by Crippen LogP contribution is 2.11. The smallest absolute Gasteiger partial charge is 0.227 e. The highest BCUT2D eigenvalue weighted by atomic mass is 35.5. The molecule has 0 aromatic carbocycles. The second-order valence-corrected chi connectivity index (χ2v) is 4.52. The fourth-order valence-electron chi connectivity index (χ4n) is 1.20. The number of rotatable bonds is 4. The van der Waals surface area contributed by atoms with Crippen molar-refractivity contribution in [3.05, 3.63) is 27.8 Å². The third kappa shape index (κ3) is 2.76. The van der Waals surface area contributed by atoms with Crippen LogP contribution in [0.25, 0.3) is 0 Å². The Labute approximate surface area is 96.3 Å². The molecule has 0 amide bonds. The van der Waals surface area contributed by atoms with Gasteiger partial charge in [0, 0.05) is 17.7 Å². The first-order valence-electron chi connectivity index (χ1n) is 4.56. The number of alkyl halides is 1. The van der Waals surface area contributed by atoms with E-state index in [-0.39, 0.29) is 0 Å². The van der Waals surface area contributed by atoms with E-state index in [1.807, 2.05) is 12.3 Å². The first-order chi connectivity index (χ1) is 7.28. The molecule has 0 aliphatic heterocycles. The summed E-state index contributed by atoms with van der Waals surface area (Å²) >= 11 is 7.19. The van der Waals surface area contributed by atoms with Crippen molar-refractivity contribution < 1.29 is 4.52 Å². The van der Waals surface area contributed by atoms with E-state index in [0.717, 1.165) is 10.7 Å². The molecule has 6 heteroatoms. The van der Waals surface area contributed by atoms with Crippen LogP contribution in [0.5, 0.6) is 0 Å². The Bertz CT molecular complexity index is 440. The van der Waals surface area contributed by atoms with Crippen molar-refractivity contribution in [1.29, 1.82) is 0 Å². The van der Waals surface area contributed by atoms with Gasteiger partial charge in [-0.25, -0.2) is 4.98 Å². The average molecular weight is 244 g/mol. The molecule has 0 aliphatic carbocycles. The van der Waals surface area contributed by atoms with E-state index in [9.17, 15) is 0 Å². The molecule has 2 rings (SSSR count). The van der Waals surface area contributed by atoms with Crippen molar-refractivity contribution in [3.63, 3.8) is 0 Å². The van der Waals surface area contributed by atoms with Gasteiger partial charge in [-0.05, 0) is 6.92 Å². The van der Waals surface area contributed by atoms with Crippen molar-refractivity contribution in [1.82, 2.24) is 15.1 Å². The van der Waals surface area contributed by atoms with Gasteiger partial charge in [-0.2, -0.15) is 4.98 Å². The SMILES string of the molecule is Cc1nc(Cc2noc(CCCl)n2)cs1. The summed E-state index contributed by atoms with van der Waals surface area (Å²) in [5.74, 6) is 1.75. The summed E-state index contributed by atoms with van der Waals surface area (Å²) < 4.78 is 5.01. The lowest BCUT2D eigenvalue weighted by Gasteiger charge is -1.87. The lowest BCUT2D eigenvalue weighted by molar-refractivity contribution is 0.378. The van der Waals surface area contributed by atoms with E-state index in [0.29, 0.717) is 30.4 Å². The van der Waals surface area contributed by atoms with Crippen LogP contribution in [0.3, 0.4) is 0 Å². The van der Waals surface area contributed by atoms with Crippen LogP contribution in [-0.4, -0.2) is 21.0 Å². The van der Waals surface area contributed by atoms with Gasteiger partial charge in [-0.3, -0.25) is 0 Å². The summed E-state index contributed by atoms with van der Waals surface area (Å²) in [7, 11) is 0. The topological polar surface area (TPSA) is 51.8 Å². The van der Waals surface area contributed by atoms with E-state index in [1.165, 1.54) is 0 Å². The van der Waals surface area contributed by atoms with Gasteiger partial charge in [0.25, 0.3) is 0 Å². The Balaban J connectivity index is 2.04. The molecule has 0 saturated carbocycles. The number of hydrogen-bond acceptors (Lipinski definition) is 5. The molecular weight excluding hydrogens is 234 g/mol. The molecule has 0 saturated heterocycles. The summed E-state index contributed by atoms with van der Waals surface area (Å²) in [5, 5.41) is 6.92. The highest BCUT2D eigenvalue weighted by Gasteiger charge is 2.08. The Kier molecular flexibility index (Phi) is 3.33. The van der Waals surface area contributed by atoms with Gasteiger partial charge < -0.3 is 4.52 Å². The maximum atomic E-state index is 5.57. The van der Waals surface area contributed by atoms with Crippen molar-refractivity contribution in [3.8, 4) is 0 Å². The Morgan fingerprint density at radius 3 is 3.00 bits per heavy atom. The van der Waals surface area contributed by atoms with Gasteiger partial charge in [-0.1, -0.05) is 5.16 Å². The van der Waals surface area contributed by atoms with Crippen LogP contribution in [0.2, 0.25) is 0 Å². The molecule has 0 radical (unpaired) electrons. The third-order valence-electron chi connectivity index (χ3n) is 1.82. The number of aryl methyl sites for hydroxylation is 2. The van der Waals surface area contributed by atoms with Crippen molar-refractivity contribution >= 4 is 22.9 Å². The lowest BCUT2D eigenvalue weighted by Crippen LogP contribution is -1.92. The van der Waals surface area contributed by atoms with Gasteiger partial charge in [0.15, 0.2) is 5.82 Å². The molecule has 2 aromatic rings. The molecule has 0 N–H and O–H groups in total. The second-order valence-electron chi connectivity index (χ2n) is 3.08. The van der Waals surface area contributed by atoms with Gasteiger partial charge in [0.2, 0.25) is 5.89 Å². The number of nitrogens with zero attached hydrogens (tertiary/aromatic N) is 3. The Hall–Kier alpha value is -0.940. The Morgan fingerprint density at radius 2 is 2.33 bits per heavy atom. The first-order valence-corrected chi connectivity index (χ1v) is 5.98. The van der Waals surface area contributed by atoms with Crippen LogP contribution < -0.4 is 0 Å². The van der Waals surface area contributed by atoms with Crippen LogP contribution in [0.1, 0.15) is 22.4 Å². The van der Waals surface area contributed by atoms with Gasteiger partial charge in [0.1, 0.15) is 0 Å². The summed E-state index contributed by atoms with van der Waals surface area (Å²) in [4.78, 5) is 8.54. The van der Waals surface area contributed by atoms with Crippen LogP contribution >= 0.6 is 22.9 Å². The summed E-state index contributed by atoms with van der Waals surface area (Å²) in [6.45, 7) is 1.98. The maximum Gasteiger partial charge on any atom is 0.227 e. The number of thiazole rings is 1. The zero-order valence-corrected chi connectivity index (χ0v) is 9.81. The van der Waals surface area contributed by atoms with E-state index >= 15 is 0 Å². The zero-order valence-electron chi connectivity index (χ0n) is 8.23. The molecule has 2 aromatic heterocycles. The largest absolute Gasteiger partial charge is 0.339 e. The predicted molar refractivity (Wildman–Crippen MR) is 58.4 cm³/mol. The van der Waals surface area contributed by atoms with Crippen LogP contribution in [0.15, 0.2) is 9.90 Å². The normalized spacial score (nSPS) is 10.8. The van der Waals surface area contributed by atoms with E-state index in [4.69, 9.17) is 16.1 Å². The van der Waals surface area contributed by atoms with Gasteiger partial charge in [-0.15, -0.1) is 22.9 Å². The van der Waals surface area contributed by atoms with Crippen LogP contribution in [0, 0.1) is 6.92 Å². The molecule has 80 valence electrons. The molecule has 0 atom stereocenters. The first kappa shape index (κ1) is 10.6. The summed E-state index contributed by atoms with van der Waals surface area (Å²) in [6.07, 6.45) is 1.24. The van der Waals surface area contributed by atoms with Crippen LogP contribution in [-0.2, 0) is 12.8 Å².